The van der Waals surface area contributed by atoms with E-state index < -0.39 is 31.2 Å². The number of rotatable bonds is 0. The van der Waals surface area contributed by atoms with Crippen molar-refractivity contribution in [1.29, 1.82) is 0 Å². The van der Waals surface area contributed by atoms with Crippen molar-refractivity contribution in [1.82, 2.24) is 0 Å². The smallest absolute Gasteiger partial charge is 0 e. The van der Waals surface area contributed by atoms with Crippen LogP contribution in [0.25, 0.3) is 0 Å². The van der Waals surface area contributed by atoms with E-state index in [-0.39, 0.29) is 50.9 Å². The third-order valence-corrected chi connectivity index (χ3v) is 0. The molecule has 0 radical (unpaired) electrons. The average Bonchev–Trinajstić information content (AvgIpc) is 1.71. The van der Waals surface area contributed by atoms with Gasteiger partial charge in [-0.15, -0.1) is 0 Å². The van der Waals surface area contributed by atoms with Gasteiger partial charge >= 0.3 is 64.2 Å². The molecule has 0 rings (SSSR count). The summed E-state index contributed by atoms with van der Waals surface area (Å²) in [5.41, 5.74) is 0. The molecule has 0 saturated heterocycles. The van der Waals surface area contributed by atoms with Crippen LogP contribution in [0, 0.1) is 0 Å². The molecule has 12 nitrogen and oxygen atoms in total. The van der Waals surface area contributed by atoms with Crippen LogP contribution in [0.2, 0.25) is 0 Å². The van der Waals surface area contributed by atoms with Crippen molar-refractivity contribution in [2.45, 2.75) is 0 Å². The fourth-order valence-corrected chi connectivity index (χ4v) is 0. The quantitative estimate of drug-likeness (QED) is 0.154. The van der Waals surface area contributed by atoms with Crippen LogP contribution < -0.4 is 0 Å². The van der Waals surface area contributed by atoms with Crippen molar-refractivity contribution in [3.05, 3.63) is 0 Å². The van der Waals surface area contributed by atoms with Gasteiger partial charge in [-0.1, -0.05) is 0 Å². The summed E-state index contributed by atoms with van der Waals surface area (Å²) in [5.74, 6) is 0. The molecule has 0 amide bonds. The number of hydrogen-bond donors (Lipinski definition) is 6. The Bertz CT molecular complexity index is 375. The Kier molecular flexibility index (Phi) is 46.1. The zero-order valence-electron chi connectivity index (χ0n) is 8.51. The molecule has 0 heterocycles. The van der Waals surface area contributed by atoms with Crippen LogP contribution in [-0.4, -0.2) is 52.6 Å². The van der Waals surface area contributed by atoms with Crippen molar-refractivity contribution >= 4 is 51.6 Å². The summed E-state index contributed by atoms with van der Waals surface area (Å²) >= 11 is 0.569. The van der Waals surface area contributed by atoms with Crippen LogP contribution in [0.15, 0.2) is 0 Å². The molecule has 21 heavy (non-hydrogen) atoms. The maximum absolute atomic E-state index is 8.74. The Labute approximate surface area is 166 Å². The monoisotopic (exact) mass is 588 g/mol. The van der Waals surface area contributed by atoms with Crippen LogP contribution in [0.1, 0.15) is 0 Å². The summed E-state index contributed by atoms with van der Waals surface area (Å²) in [7, 11) is -4.60. The first-order valence-electron chi connectivity index (χ1n) is 2.33. The largest absolute Gasteiger partial charge is 0 e. The van der Waals surface area contributed by atoms with E-state index >= 15 is 0 Å². The molecule has 0 aromatic carbocycles. The molecule has 21 heteroatoms. The number of halogens is 2. The van der Waals surface area contributed by atoms with E-state index in [0.29, 0.717) is 12.7 Å². The second-order valence-corrected chi connectivity index (χ2v) is 5.71. The normalized spacial score (nSPS) is 9.33. The van der Waals surface area contributed by atoms with E-state index in [4.69, 9.17) is 73.0 Å². The van der Waals surface area contributed by atoms with Crippen LogP contribution in [0.3, 0.4) is 0 Å². The van der Waals surface area contributed by atoms with E-state index in [2.05, 4.69) is 0 Å². The zero-order chi connectivity index (χ0) is 16.2. The molecule has 0 aromatic heterocycles. The molecule has 6 N–H and O–H groups in total. The molecule has 0 aliphatic heterocycles. The first-order valence-corrected chi connectivity index (χ1v) is 9.24. The minimum absolute atomic E-state index is 0. The van der Waals surface area contributed by atoms with Crippen LogP contribution in [0.4, 0.5) is 0 Å². The number of hydrogen-bond acceptors (Lipinski definition) is 6. The van der Waals surface area contributed by atoms with E-state index in [1.54, 1.807) is 0 Å². The molecule has 144 valence electrons. The minimum atomic E-state index is -4.67. The van der Waals surface area contributed by atoms with Gasteiger partial charge in [0.2, 0.25) is 0 Å². The van der Waals surface area contributed by atoms with Gasteiger partial charge < -0.3 is 0 Å². The molecule has 0 aromatic rings. The maximum Gasteiger partial charge on any atom is 0 e. The predicted molar refractivity (Wildman–Crippen MR) is 54.2 cm³/mol. The zero-order valence-corrected chi connectivity index (χ0v) is 16.8. The Morgan fingerprint density at radius 3 is 0.619 bits per heavy atom. The van der Waals surface area contributed by atoms with E-state index in [9.17, 15) is 0 Å². The molecule has 0 fully saturated rings. The van der Waals surface area contributed by atoms with E-state index in [1.807, 2.05) is 0 Å². The molecule has 0 atom stereocenters. The van der Waals surface area contributed by atoms with Crippen molar-refractivity contribution in [3.63, 3.8) is 0 Å². The van der Waals surface area contributed by atoms with Crippen molar-refractivity contribution in [2.24, 2.45) is 0 Å². The van der Waals surface area contributed by atoms with Crippen molar-refractivity contribution < 1.29 is 116 Å². The summed E-state index contributed by atoms with van der Waals surface area (Å²) < 4.78 is 94.8. The molecule has 0 aliphatic carbocycles. The molecule has 0 saturated carbocycles. The van der Waals surface area contributed by atoms with Crippen LogP contribution in [-0.2, 0) is 94.8 Å². The van der Waals surface area contributed by atoms with Crippen molar-refractivity contribution in [3.8, 4) is 0 Å². The summed E-state index contributed by atoms with van der Waals surface area (Å²) in [6, 6.07) is 0. The molecule has 0 spiro atoms. The Balaban J connectivity index is -0.0000000241. The maximum atomic E-state index is 8.74. The van der Waals surface area contributed by atoms with Gasteiger partial charge in [0.05, 0.1) is 0 Å². The fraction of sp³-hybridized carbons (Fsp3) is 0. The minimum Gasteiger partial charge on any atom is 0 e. The van der Waals surface area contributed by atoms with Gasteiger partial charge in [-0.3, -0.25) is 27.3 Å². The van der Waals surface area contributed by atoms with Crippen molar-refractivity contribution in [2.75, 3.05) is 0 Å². The van der Waals surface area contributed by atoms with E-state index in [1.165, 1.54) is 0 Å². The molecule has 0 unspecified atom stereocenters. The molecular formula is H6Cl2CrFeNi2O12S3. The van der Waals surface area contributed by atoms with E-state index in [0.717, 1.165) is 0 Å². The third kappa shape index (κ3) is 1830. The van der Waals surface area contributed by atoms with Crippen LogP contribution in [0.5, 0.6) is 0 Å². The molecule has 0 bridgehead atoms. The van der Waals surface area contributed by atoms with Gasteiger partial charge in [0.1, 0.15) is 0 Å². The second-order valence-electron chi connectivity index (χ2n) is 1.39. The first-order chi connectivity index (χ1) is 7.41. The average molecular weight is 590 g/mol. The fourth-order valence-electron chi connectivity index (χ4n) is 0. The SMILES string of the molecule is O=S(=O)(O)O.O=S(=O)(O)O.O=S(=O)(O)O.[Cl][Ni][Cl].[Cr].[Fe].[Ni]. The van der Waals surface area contributed by atoms with Gasteiger partial charge in [0, 0.05) is 50.9 Å². The second kappa shape index (κ2) is 22.2. The summed E-state index contributed by atoms with van der Waals surface area (Å²) in [5, 5.41) is 0. The summed E-state index contributed by atoms with van der Waals surface area (Å²) in [6.07, 6.45) is 0. The summed E-state index contributed by atoms with van der Waals surface area (Å²) in [4.78, 5) is 0. The Morgan fingerprint density at radius 2 is 0.619 bits per heavy atom. The topological polar surface area (TPSA) is 224 Å². The molecular weight excluding hydrogens is 584 g/mol. The van der Waals surface area contributed by atoms with Gasteiger partial charge in [0.15, 0.2) is 0 Å². The van der Waals surface area contributed by atoms with Gasteiger partial charge in [0.25, 0.3) is 0 Å². The Hall–Kier alpha value is 2.23. The standard InChI is InChI=1S/2ClH.Cr.Fe.2Ni.3H2O4S/c;;;;;;3*1-5(2,3)4/h2*1H;;;;;3*(H2,1,2,3,4)/q;;;;;+2;;;/p-2. The molecule has 0 aliphatic rings. The van der Waals surface area contributed by atoms with Crippen LogP contribution >= 0.6 is 20.4 Å². The van der Waals surface area contributed by atoms with Gasteiger partial charge in [-0.05, 0) is 0 Å². The third-order valence-electron chi connectivity index (χ3n) is 0. The Morgan fingerprint density at radius 1 is 0.619 bits per heavy atom. The van der Waals surface area contributed by atoms with Gasteiger partial charge in [-0.2, -0.15) is 25.3 Å². The first kappa shape index (κ1) is 43.6. The summed E-state index contributed by atoms with van der Waals surface area (Å²) in [6.45, 7) is 0. The predicted octanol–water partition coefficient (Wildman–Crippen LogP) is -0.589. The van der Waals surface area contributed by atoms with Gasteiger partial charge in [-0.25, -0.2) is 0 Å².